The van der Waals surface area contributed by atoms with Crippen LogP contribution in [0.5, 0.6) is 0 Å². The minimum absolute atomic E-state index is 0.734. The molecule has 0 atom stereocenters. The van der Waals surface area contributed by atoms with Crippen LogP contribution in [0.2, 0.25) is 10.0 Å². The third-order valence-electron chi connectivity index (χ3n) is 2.33. The van der Waals surface area contributed by atoms with Crippen LogP contribution >= 0.6 is 23.2 Å². The Balaban J connectivity index is 1.94. The van der Waals surface area contributed by atoms with Crippen LogP contribution < -0.4 is 0 Å². The first-order valence-electron chi connectivity index (χ1n) is 5.73. The normalized spacial score (nSPS) is 8.53. The summed E-state index contributed by atoms with van der Waals surface area (Å²) in [6.45, 7) is 0. The van der Waals surface area contributed by atoms with Crippen molar-refractivity contribution in [1.29, 1.82) is 0 Å². The molecule has 0 aromatic heterocycles. The fourth-order valence-corrected chi connectivity index (χ4v) is 4.27. The zero-order valence-electron chi connectivity index (χ0n) is 10.1. The molecular formula is C16H8Cl2Hg. The molecule has 0 unspecified atom stereocenters. The van der Waals surface area contributed by atoms with E-state index in [1.165, 1.54) is 0 Å². The van der Waals surface area contributed by atoms with E-state index < -0.39 is 24.6 Å². The molecule has 0 nitrogen and oxygen atoms in total. The van der Waals surface area contributed by atoms with E-state index in [2.05, 4.69) is 18.7 Å². The van der Waals surface area contributed by atoms with E-state index >= 15 is 0 Å². The van der Waals surface area contributed by atoms with Crippen LogP contribution in [0, 0.1) is 18.7 Å². The van der Waals surface area contributed by atoms with Crippen molar-refractivity contribution in [3.63, 3.8) is 0 Å². The first-order valence-corrected chi connectivity index (χ1v) is 12.0. The topological polar surface area (TPSA) is 0 Å². The van der Waals surface area contributed by atoms with Gasteiger partial charge in [0.25, 0.3) is 0 Å². The Bertz CT molecular complexity index is 604. The van der Waals surface area contributed by atoms with Crippen LogP contribution in [0.3, 0.4) is 0 Å². The first-order chi connectivity index (χ1) is 9.24. The summed E-state index contributed by atoms with van der Waals surface area (Å²) in [4.78, 5) is 0. The number of benzene rings is 2. The third kappa shape index (κ3) is 5.29. The first kappa shape index (κ1) is 14.5. The van der Waals surface area contributed by atoms with Gasteiger partial charge in [0.2, 0.25) is 0 Å². The molecule has 3 heteroatoms. The summed E-state index contributed by atoms with van der Waals surface area (Å²) in [6, 6.07) is 15.1. The van der Waals surface area contributed by atoms with Crippen molar-refractivity contribution in [2.45, 2.75) is 0 Å². The number of halogens is 2. The second kappa shape index (κ2) is 7.61. The molecule has 0 heterocycles. The molecule has 0 bridgehead atoms. The fourth-order valence-electron chi connectivity index (χ4n) is 1.40. The minimum atomic E-state index is -1.41. The van der Waals surface area contributed by atoms with E-state index in [0.717, 1.165) is 21.2 Å². The van der Waals surface area contributed by atoms with Gasteiger partial charge in [-0.15, -0.1) is 0 Å². The average molecular weight is 472 g/mol. The Hall–Kier alpha value is -0.925. The molecule has 2 aromatic rings. The molecule has 0 radical (unpaired) electrons. The molecule has 19 heavy (non-hydrogen) atoms. The summed E-state index contributed by atoms with van der Waals surface area (Å²) in [5.74, 6) is 6.27. The van der Waals surface area contributed by atoms with E-state index in [0.29, 0.717) is 0 Å². The van der Waals surface area contributed by atoms with Gasteiger partial charge in [0.1, 0.15) is 0 Å². The Morgan fingerprint density at radius 1 is 0.632 bits per heavy atom. The molecule has 0 spiro atoms. The Morgan fingerprint density at radius 3 is 1.37 bits per heavy atom. The Morgan fingerprint density at radius 2 is 1.00 bits per heavy atom. The molecule has 0 fully saturated rings. The molecule has 88 valence electrons. The second-order valence-electron chi connectivity index (χ2n) is 3.79. The summed E-state index contributed by atoms with van der Waals surface area (Å²) in [5, 5.41) is 1.47. The van der Waals surface area contributed by atoms with Crippen molar-refractivity contribution in [1.82, 2.24) is 0 Å². The molecule has 0 N–H and O–H groups in total. The van der Waals surface area contributed by atoms with Crippen LogP contribution in [0.1, 0.15) is 11.1 Å². The fraction of sp³-hybridized carbons (Fsp3) is 0. The zero-order chi connectivity index (χ0) is 13.5. The van der Waals surface area contributed by atoms with Gasteiger partial charge in [-0.1, -0.05) is 0 Å². The number of hydrogen-bond donors (Lipinski definition) is 0. The quantitative estimate of drug-likeness (QED) is 0.395. The molecule has 0 saturated carbocycles. The van der Waals surface area contributed by atoms with E-state index in [9.17, 15) is 0 Å². The summed E-state index contributed by atoms with van der Waals surface area (Å²) in [7, 11) is 0. The van der Waals surface area contributed by atoms with Crippen molar-refractivity contribution >= 4 is 23.2 Å². The van der Waals surface area contributed by atoms with Gasteiger partial charge in [-0.2, -0.15) is 0 Å². The molecule has 0 aliphatic rings. The van der Waals surface area contributed by atoms with E-state index in [1.54, 1.807) is 0 Å². The molecule has 2 aromatic carbocycles. The van der Waals surface area contributed by atoms with E-state index in [-0.39, 0.29) is 0 Å². The van der Waals surface area contributed by atoms with Crippen molar-refractivity contribution < 1.29 is 24.6 Å². The maximum atomic E-state index is 5.81. The molecule has 0 aliphatic carbocycles. The van der Waals surface area contributed by atoms with Gasteiger partial charge in [-0.25, -0.2) is 0 Å². The van der Waals surface area contributed by atoms with Crippen LogP contribution in [-0.4, -0.2) is 0 Å². The monoisotopic (exact) mass is 472 g/mol. The molecule has 2 rings (SSSR count). The van der Waals surface area contributed by atoms with Gasteiger partial charge >= 0.3 is 136 Å². The van der Waals surface area contributed by atoms with Gasteiger partial charge in [0.15, 0.2) is 0 Å². The summed E-state index contributed by atoms with van der Waals surface area (Å²) in [6.07, 6.45) is 0. The summed E-state index contributed by atoms with van der Waals surface area (Å²) in [5.41, 5.74) is 2.00. The van der Waals surface area contributed by atoms with Gasteiger partial charge in [0, 0.05) is 0 Å². The number of rotatable bonds is 0. The van der Waals surface area contributed by atoms with E-state index in [4.69, 9.17) is 23.2 Å². The van der Waals surface area contributed by atoms with Gasteiger partial charge in [0.05, 0.1) is 0 Å². The Labute approximate surface area is 135 Å². The second-order valence-corrected chi connectivity index (χ2v) is 8.79. The zero-order valence-corrected chi connectivity index (χ0v) is 17.1. The van der Waals surface area contributed by atoms with Crippen LogP contribution in [0.15, 0.2) is 48.5 Å². The molecule has 0 saturated heterocycles. The van der Waals surface area contributed by atoms with E-state index in [1.807, 2.05) is 48.5 Å². The van der Waals surface area contributed by atoms with Gasteiger partial charge < -0.3 is 0 Å². The average Bonchev–Trinajstić information content (AvgIpc) is 2.43. The van der Waals surface area contributed by atoms with Crippen molar-refractivity contribution in [2.75, 3.05) is 0 Å². The van der Waals surface area contributed by atoms with Crippen molar-refractivity contribution in [2.24, 2.45) is 0 Å². The Kier molecular flexibility index (Phi) is 5.80. The predicted octanol–water partition coefficient (Wildman–Crippen LogP) is 4.39. The van der Waals surface area contributed by atoms with Crippen LogP contribution in [0.4, 0.5) is 0 Å². The van der Waals surface area contributed by atoms with Crippen LogP contribution in [0.25, 0.3) is 0 Å². The van der Waals surface area contributed by atoms with Gasteiger partial charge in [-0.05, 0) is 0 Å². The maximum absolute atomic E-state index is 5.81. The standard InChI is InChI=1S/2C8H4Cl.Hg/c2*1-2-7-3-5-8(9)6-4-7;/h2*3-6H;. The molecular weight excluding hydrogens is 464 g/mol. The third-order valence-corrected chi connectivity index (χ3v) is 5.58. The molecule has 0 amide bonds. The van der Waals surface area contributed by atoms with Gasteiger partial charge in [-0.3, -0.25) is 0 Å². The van der Waals surface area contributed by atoms with Crippen molar-refractivity contribution in [3.8, 4) is 18.7 Å². The summed E-state index contributed by atoms with van der Waals surface area (Å²) >= 11 is 10.2. The molecule has 0 aliphatic heterocycles. The number of hydrogen-bond acceptors (Lipinski definition) is 0. The predicted molar refractivity (Wildman–Crippen MR) is 76.7 cm³/mol. The summed E-state index contributed by atoms with van der Waals surface area (Å²) < 4.78 is 6.46. The van der Waals surface area contributed by atoms with Crippen molar-refractivity contribution in [3.05, 3.63) is 69.7 Å². The SMILES string of the molecule is Clc1ccc(C#[C][Hg][C]#Cc2ccc(Cl)cc2)cc1. The van der Waals surface area contributed by atoms with Crippen LogP contribution in [-0.2, 0) is 24.6 Å².